The van der Waals surface area contributed by atoms with E-state index in [0.717, 1.165) is 51.4 Å². The molecule has 4 nitrogen and oxygen atoms in total. The number of rotatable bonds is 7. The summed E-state index contributed by atoms with van der Waals surface area (Å²) in [7, 11) is 0. The van der Waals surface area contributed by atoms with Gasteiger partial charge < -0.3 is 15.0 Å². The van der Waals surface area contributed by atoms with Crippen molar-refractivity contribution in [2.75, 3.05) is 32.8 Å². The Balaban J connectivity index is 1.94. The van der Waals surface area contributed by atoms with Gasteiger partial charge in [-0.1, -0.05) is 31.5 Å². The maximum atomic E-state index is 12.4. The van der Waals surface area contributed by atoms with Crippen molar-refractivity contribution in [3.8, 4) is 5.75 Å². The minimum atomic E-state index is 0.280. The summed E-state index contributed by atoms with van der Waals surface area (Å²) in [6.07, 6.45) is 2.50. The second kappa shape index (κ2) is 8.92. The van der Waals surface area contributed by atoms with Gasteiger partial charge in [0.25, 0.3) is 0 Å². The summed E-state index contributed by atoms with van der Waals surface area (Å²) in [6.45, 7) is 10.6. The van der Waals surface area contributed by atoms with Gasteiger partial charge >= 0.3 is 0 Å². The maximum absolute atomic E-state index is 12.4. The van der Waals surface area contributed by atoms with Gasteiger partial charge in [-0.25, -0.2) is 0 Å². The van der Waals surface area contributed by atoms with Crippen LogP contribution in [-0.2, 0) is 11.2 Å². The topological polar surface area (TPSA) is 41.6 Å². The average molecular weight is 318 g/mol. The van der Waals surface area contributed by atoms with Gasteiger partial charge in [-0.2, -0.15) is 0 Å². The molecular weight excluding hydrogens is 288 g/mol. The van der Waals surface area contributed by atoms with E-state index in [1.54, 1.807) is 0 Å². The Kier molecular flexibility index (Phi) is 6.90. The lowest BCUT2D eigenvalue weighted by Gasteiger charge is -2.28. The second-order valence-electron chi connectivity index (χ2n) is 6.60. The van der Waals surface area contributed by atoms with Crippen LogP contribution in [0.2, 0.25) is 0 Å². The van der Waals surface area contributed by atoms with E-state index >= 15 is 0 Å². The van der Waals surface area contributed by atoms with Crippen LogP contribution in [0.5, 0.6) is 5.75 Å². The summed E-state index contributed by atoms with van der Waals surface area (Å²) in [6, 6.07) is 6.34. The molecule has 4 heteroatoms. The van der Waals surface area contributed by atoms with Crippen LogP contribution in [-0.4, -0.2) is 43.6 Å². The van der Waals surface area contributed by atoms with Gasteiger partial charge in [-0.3, -0.25) is 4.79 Å². The number of aryl methyl sites for hydroxylation is 1. The Hall–Kier alpha value is -1.55. The first-order valence-corrected chi connectivity index (χ1v) is 8.81. The number of hydrogen-bond donors (Lipinski definition) is 1. The van der Waals surface area contributed by atoms with E-state index in [9.17, 15) is 4.79 Å². The number of ether oxygens (including phenoxy) is 1. The predicted octanol–water partition coefficient (Wildman–Crippen LogP) is 2.78. The zero-order valence-corrected chi connectivity index (χ0v) is 14.7. The van der Waals surface area contributed by atoms with Crippen LogP contribution < -0.4 is 10.1 Å². The SMILES string of the molecule is CCCOc1ccc(C)cc1CC(C)CC(=O)N1CCNCC1. The number of nitrogens with one attached hydrogen (secondary N) is 1. The Bertz CT molecular complexity index is 510. The third-order valence-electron chi connectivity index (χ3n) is 4.24. The van der Waals surface area contributed by atoms with Crippen LogP contribution in [0.4, 0.5) is 0 Å². The summed E-state index contributed by atoms with van der Waals surface area (Å²) in [5, 5.41) is 3.29. The molecule has 1 atom stereocenters. The van der Waals surface area contributed by atoms with Crippen molar-refractivity contribution >= 4 is 5.91 Å². The Morgan fingerprint density at radius 3 is 2.78 bits per heavy atom. The molecule has 1 amide bonds. The maximum Gasteiger partial charge on any atom is 0.222 e. The molecule has 1 aromatic rings. The molecule has 0 aliphatic carbocycles. The molecule has 23 heavy (non-hydrogen) atoms. The molecule has 1 aliphatic rings. The minimum Gasteiger partial charge on any atom is -0.493 e. The molecular formula is C19H30N2O2. The van der Waals surface area contributed by atoms with Crippen molar-refractivity contribution in [3.63, 3.8) is 0 Å². The average Bonchev–Trinajstić information content (AvgIpc) is 2.55. The van der Waals surface area contributed by atoms with Crippen molar-refractivity contribution < 1.29 is 9.53 Å². The molecule has 0 spiro atoms. The Labute approximate surface area is 140 Å². The highest BCUT2D eigenvalue weighted by molar-refractivity contribution is 5.76. The molecule has 1 aliphatic heterocycles. The Morgan fingerprint density at radius 1 is 1.35 bits per heavy atom. The quantitative estimate of drug-likeness (QED) is 0.840. The van der Waals surface area contributed by atoms with Gasteiger partial charge in [0.1, 0.15) is 5.75 Å². The van der Waals surface area contributed by atoms with Crippen LogP contribution in [0.1, 0.15) is 37.8 Å². The molecule has 1 aromatic carbocycles. The lowest BCUT2D eigenvalue weighted by Crippen LogP contribution is -2.46. The lowest BCUT2D eigenvalue weighted by molar-refractivity contribution is -0.132. The van der Waals surface area contributed by atoms with Crippen LogP contribution in [0.3, 0.4) is 0 Å². The fourth-order valence-electron chi connectivity index (χ4n) is 3.01. The zero-order valence-electron chi connectivity index (χ0n) is 14.7. The van der Waals surface area contributed by atoms with Crippen molar-refractivity contribution in [3.05, 3.63) is 29.3 Å². The number of benzene rings is 1. The molecule has 0 bridgehead atoms. The van der Waals surface area contributed by atoms with Gasteiger partial charge in [0.2, 0.25) is 5.91 Å². The Morgan fingerprint density at radius 2 is 2.09 bits per heavy atom. The first-order chi connectivity index (χ1) is 11.1. The van der Waals surface area contributed by atoms with Crippen molar-refractivity contribution in [2.45, 2.75) is 40.0 Å². The molecule has 1 fully saturated rings. The number of carbonyl (C=O) groups is 1. The van der Waals surface area contributed by atoms with Gasteiger partial charge in [0, 0.05) is 32.6 Å². The first-order valence-electron chi connectivity index (χ1n) is 8.81. The molecule has 1 N–H and O–H groups in total. The smallest absolute Gasteiger partial charge is 0.222 e. The number of piperazine rings is 1. The molecule has 2 rings (SSSR count). The standard InChI is InChI=1S/C19H30N2O2/c1-4-11-23-18-6-5-15(2)12-17(18)13-16(3)14-19(22)21-9-7-20-8-10-21/h5-6,12,16,20H,4,7-11,13-14H2,1-3H3. The van der Waals surface area contributed by atoms with Gasteiger partial charge in [0.05, 0.1) is 6.61 Å². The molecule has 0 radical (unpaired) electrons. The molecule has 1 unspecified atom stereocenters. The fraction of sp³-hybridized carbons (Fsp3) is 0.632. The minimum absolute atomic E-state index is 0.280. The van der Waals surface area contributed by atoms with Crippen LogP contribution in [0.15, 0.2) is 18.2 Å². The van der Waals surface area contributed by atoms with E-state index in [0.29, 0.717) is 12.3 Å². The first kappa shape index (κ1) is 17.8. The van der Waals surface area contributed by atoms with Crippen molar-refractivity contribution in [1.82, 2.24) is 10.2 Å². The number of nitrogens with zero attached hydrogens (tertiary/aromatic N) is 1. The van der Waals surface area contributed by atoms with Crippen molar-refractivity contribution in [1.29, 1.82) is 0 Å². The van der Waals surface area contributed by atoms with E-state index in [-0.39, 0.29) is 5.91 Å². The normalized spacial score (nSPS) is 16.2. The largest absolute Gasteiger partial charge is 0.493 e. The predicted molar refractivity (Wildman–Crippen MR) is 93.9 cm³/mol. The van der Waals surface area contributed by atoms with E-state index in [2.05, 4.69) is 44.3 Å². The monoisotopic (exact) mass is 318 g/mol. The summed E-state index contributed by atoms with van der Waals surface area (Å²) in [5.41, 5.74) is 2.46. The van der Waals surface area contributed by atoms with E-state index in [1.807, 2.05) is 4.90 Å². The van der Waals surface area contributed by atoms with E-state index in [4.69, 9.17) is 4.74 Å². The van der Waals surface area contributed by atoms with E-state index < -0.39 is 0 Å². The van der Waals surface area contributed by atoms with Crippen molar-refractivity contribution in [2.24, 2.45) is 5.92 Å². The van der Waals surface area contributed by atoms with Crippen LogP contribution in [0.25, 0.3) is 0 Å². The molecule has 1 heterocycles. The van der Waals surface area contributed by atoms with Gasteiger partial charge in [-0.05, 0) is 37.3 Å². The summed E-state index contributed by atoms with van der Waals surface area (Å²) in [4.78, 5) is 14.4. The van der Waals surface area contributed by atoms with Gasteiger partial charge in [-0.15, -0.1) is 0 Å². The number of amides is 1. The third kappa shape index (κ3) is 5.54. The highest BCUT2D eigenvalue weighted by Crippen LogP contribution is 2.25. The summed E-state index contributed by atoms with van der Waals surface area (Å²) >= 11 is 0. The zero-order chi connectivity index (χ0) is 16.7. The lowest BCUT2D eigenvalue weighted by atomic mass is 9.95. The summed E-state index contributed by atoms with van der Waals surface area (Å²) < 4.78 is 5.86. The van der Waals surface area contributed by atoms with Crippen LogP contribution >= 0.6 is 0 Å². The molecule has 1 saturated heterocycles. The summed E-state index contributed by atoms with van der Waals surface area (Å²) in [5.74, 6) is 1.57. The molecule has 128 valence electrons. The van der Waals surface area contributed by atoms with E-state index in [1.165, 1.54) is 11.1 Å². The molecule has 0 aromatic heterocycles. The third-order valence-corrected chi connectivity index (χ3v) is 4.24. The highest BCUT2D eigenvalue weighted by atomic mass is 16.5. The number of hydrogen-bond acceptors (Lipinski definition) is 3. The second-order valence-corrected chi connectivity index (χ2v) is 6.60. The molecule has 0 saturated carbocycles. The number of carbonyl (C=O) groups excluding carboxylic acids is 1. The highest BCUT2D eigenvalue weighted by Gasteiger charge is 2.19. The fourth-order valence-corrected chi connectivity index (χ4v) is 3.01. The van der Waals surface area contributed by atoms with Crippen LogP contribution in [0, 0.1) is 12.8 Å². The van der Waals surface area contributed by atoms with Gasteiger partial charge in [0.15, 0.2) is 0 Å².